The fourth-order valence-corrected chi connectivity index (χ4v) is 10.4. The van der Waals surface area contributed by atoms with E-state index in [1.807, 2.05) is 11.1 Å². The first-order chi connectivity index (χ1) is 17.8. The van der Waals surface area contributed by atoms with Gasteiger partial charge in [0.1, 0.15) is 6.10 Å². The fraction of sp³-hybridized carbons (Fsp3) is 0.861. The van der Waals surface area contributed by atoms with Crippen LogP contribution >= 0.6 is 0 Å². The van der Waals surface area contributed by atoms with Crippen LogP contribution in [-0.4, -0.2) is 12.1 Å². The van der Waals surface area contributed by atoms with Crippen LogP contribution in [0, 0.1) is 39.4 Å². The number of rotatable bonds is 9. The van der Waals surface area contributed by atoms with E-state index in [1.54, 1.807) is 0 Å². The Morgan fingerprint density at radius 1 is 0.974 bits per heavy atom. The van der Waals surface area contributed by atoms with Gasteiger partial charge in [0.15, 0.2) is 0 Å². The van der Waals surface area contributed by atoms with Crippen LogP contribution < -0.4 is 0 Å². The Morgan fingerprint density at radius 3 is 2.39 bits per heavy atom. The highest BCUT2D eigenvalue weighted by atomic mass is 16.5. The van der Waals surface area contributed by atoms with Crippen molar-refractivity contribution in [3.8, 4) is 0 Å². The second-order valence-corrected chi connectivity index (χ2v) is 15.5. The summed E-state index contributed by atoms with van der Waals surface area (Å²) < 4.78 is 6.22. The van der Waals surface area contributed by atoms with Crippen LogP contribution in [0.5, 0.6) is 0 Å². The van der Waals surface area contributed by atoms with Crippen LogP contribution in [0.4, 0.5) is 0 Å². The summed E-state index contributed by atoms with van der Waals surface area (Å²) in [7, 11) is 0. The van der Waals surface area contributed by atoms with Gasteiger partial charge in [0, 0.05) is 11.8 Å². The Bertz CT molecular complexity index is 935. The third-order valence-electron chi connectivity index (χ3n) is 12.9. The van der Waals surface area contributed by atoms with Gasteiger partial charge in [-0.2, -0.15) is 0 Å². The molecule has 0 aromatic heterocycles. The maximum Gasteiger partial charge on any atom is 0.306 e. The zero-order chi connectivity index (χ0) is 27.9. The van der Waals surface area contributed by atoms with Crippen LogP contribution in [0.25, 0.3) is 0 Å². The number of unbranched alkanes of at least 4 members (excludes halogenated alkanes) is 2. The van der Waals surface area contributed by atoms with Crippen molar-refractivity contribution in [3.63, 3.8) is 0 Å². The van der Waals surface area contributed by atoms with Gasteiger partial charge in [-0.3, -0.25) is 4.79 Å². The van der Waals surface area contributed by atoms with Gasteiger partial charge in [-0.05, 0) is 118 Å². The average molecular weight is 525 g/mol. The van der Waals surface area contributed by atoms with E-state index in [0.717, 1.165) is 37.5 Å². The van der Waals surface area contributed by atoms with Gasteiger partial charge < -0.3 is 4.74 Å². The number of esters is 1. The number of carbonyl (C=O) groups excluding carboxylic acids is 1. The number of ether oxygens (including phenoxy) is 1. The predicted octanol–water partition coefficient (Wildman–Crippen LogP) is 10.6. The van der Waals surface area contributed by atoms with E-state index in [4.69, 9.17) is 4.74 Å². The normalized spacial score (nSPS) is 38.6. The summed E-state index contributed by atoms with van der Waals surface area (Å²) in [5.41, 5.74) is 6.25. The summed E-state index contributed by atoms with van der Waals surface area (Å²) in [5, 5.41) is 0. The first kappa shape index (κ1) is 29.9. The average Bonchev–Trinajstić information content (AvgIpc) is 3.12. The van der Waals surface area contributed by atoms with Gasteiger partial charge in [-0.25, -0.2) is 0 Å². The van der Waals surface area contributed by atoms with Crippen molar-refractivity contribution in [2.45, 2.75) is 158 Å². The lowest BCUT2D eigenvalue weighted by Crippen LogP contribution is -2.55. The summed E-state index contributed by atoms with van der Waals surface area (Å²) in [5.74, 6) is 2.28. The lowest BCUT2D eigenvalue weighted by atomic mass is 9.43. The molecule has 0 spiro atoms. The molecule has 0 bridgehead atoms. The molecule has 0 heterocycles. The molecule has 0 aromatic carbocycles. The molecule has 0 saturated heterocycles. The van der Waals surface area contributed by atoms with Gasteiger partial charge >= 0.3 is 5.97 Å². The first-order valence-electron chi connectivity index (χ1n) is 16.4. The number of allylic oxidation sites excluding steroid dienone is 4. The van der Waals surface area contributed by atoms with Crippen molar-refractivity contribution >= 4 is 5.97 Å². The highest BCUT2D eigenvalue weighted by Gasteiger charge is 2.63. The van der Waals surface area contributed by atoms with Crippen molar-refractivity contribution in [3.05, 3.63) is 22.8 Å². The van der Waals surface area contributed by atoms with Crippen LogP contribution in [0.3, 0.4) is 0 Å². The van der Waals surface area contributed by atoms with Gasteiger partial charge in [0.05, 0.1) is 0 Å². The van der Waals surface area contributed by atoms with E-state index >= 15 is 0 Å². The van der Waals surface area contributed by atoms with Crippen LogP contribution in [0.1, 0.15) is 152 Å². The minimum absolute atomic E-state index is 0.0330. The Balaban J connectivity index is 1.54. The Hall–Kier alpha value is -1.05. The smallest absolute Gasteiger partial charge is 0.306 e. The number of hydrogen-bond acceptors (Lipinski definition) is 2. The van der Waals surface area contributed by atoms with Gasteiger partial charge in [0.2, 0.25) is 0 Å². The van der Waals surface area contributed by atoms with Crippen molar-refractivity contribution < 1.29 is 9.53 Å². The van der Waals surface area contributed by atoms with E-state index < -0.39 is 0 Å². The molecule has 2 nitrogen and oxygen atoms in total. The van der Waals surface area contributed by atoms with E-state index in [2.05, 4.69) is 68.4 Å². The van der Waals surface area contributed by atoms with E-state index in [1.165, 1.54) is 63.4 Å². The molecule has 4 aliphatic rings. The lowest BCUT2D eigenvalue weighted by molar-refractivity contribution is -0.170. The zero-order valence-electron chi connectivity index (χ0n) is 26.6. The molecule has 0 N–H and O–H groups in total. The second-order valence-electron chi connectivity index (χ2n) is 15.5. The summed E-state index contributed by atoms with van der Waals surface area (Å²) in [6.45, 7) is 22.0. The molecule has 2 fully saturated rings. The molecule has 2 unspecified atom stereocenters. The molecular formula is C36H60O2. The second kappa shape index (κ2) is 11.1. The topological polar surface area (TPSA) is 26.3 Å². The molecular weight excluding hydrogens is 464 g/mol. The van der Waals surface area contributed by atoms with E-state index in [0.29, 0.717) is 23.2 Å². The highest BCUT2D eigenvalue weighted by Crippen LogP contribution is 2.72. The molecule has 38 heavy (non-hydrogen) atoms. The Morgan fingerprint density at radius 2 is 1.71 bits per heavy atom. The van der Waals surface area contributed by atoms with Crippen molar-refractivity contribution in [2.24, 2.45) is 39.4 Å². The molecule has 2 saturated carbocycles. The summed E-state index contributed by atoms with van der Waals surface area (Å²) in [6, 6.07) is 0. The molecule has 7 atom stereocenters. The number of fused-ring (bicyclic) bond motifs is 4. The number of hydrogen-bond donors (Lipinski definition) is 0. The highest BCUT2D eigenvalue weighted by molar-refractivity contribution is 5.69. The fourth-order valence-electron chi connectivity index (χ4n) is 10.4. The lowest BCUT2D eigenvalue weighted by Gasteiger charge is -2.62. The number of carbonyl (C=O) groups is 1. The minimum Gasteiger partial charge on any atom is -0.462 e. The zero-order valence-corrected chi connectivity index (χ0v) is 26.6. The predicted molar refractivity (Wildman–Crippen MR) is 161 cm³/mol. The van der Waals surface area contributed by atoms with Crippen molar-refractivity contribution in [1.29, 1.82) is 0 Å². The van der Waals surface area contributed by atoms with E-state index in [9.17, 15) is 4.79 Å². The third kappa shape index (κ3) is 4.98. The Labute approximate surface area is 235 Å². The van der Waals surface area contributed by atoms with Crippen LogP contribution in [0.15, 0.2) is 22.8 Å². The summed E-state index contributed by atoms with van der Waals surface area (Å²) in [4.78, 5) is 12.7. The van der Waals surface area contributed by atoms with Gasteiger partial charge in [-0.1, -0.05) is 84.1 Å². The SMILES string of the molecule is CCCCCC(=O)OC1CC[C@]2(C)C3=C(CCC2C1(C)C)[C@]1(C)CC[C@H]([C@H](C)CCC=C(C)C)[C@@]1(C)CC3. The van der Waals surface area contributed by atoms with Crippen molar-refractivity contribution in [2.75, 3.05) is 0 Å². The maximum atomic E-state index is 12.7. The Kier molecular flexibility index (Phi) is 8.73. The molecule has 4 rings (SSSR count). The summed E-state index contributed by atoms with van der Waals surface area (Å²) in [6.07, 6.45) is 19.1. The maximum absolute atomic E-state index is 12.7. The summed E-state index contributed by atoms with van der Waals surface area (Å²) >= 11 is 0. The first-order valence-corrected chi connectivity index (χ1v) is 16.4. The molecule has 0 aromatic rings. The molecule has 4 aliphatic carbocycles. The van der Waals surface area contributed by atoms with Crippen molar-refractivity contribution in [1.82, 2.24) is 0 Å². The largest absolute Gasteiger partial charge is 0.462 e. The van der Waals surface area contributed by atoms with Crippen LogP contribution in [-0.2, 0) is 9.53 Å². The molecule has 0 radical (unpaired) electrons. The molecule has 0 aliphatic heterocycles. The standard InChI is InChI=1S/C36H60O2/c1-10-11-12-16-32(37)38-31-21-22-34(7)28-20-24-35(8)27(26(4)15-13-14-25(2)3)19-23-36(35,9)29(28)17-18-30(34)33(31,5)6/h14,26-27,30-31H,10-13,15-24H2,1-9H3/t26-,27-,30?,31?,34-,35-,36+/m1/s1. The van der Waals surface area contributed by atoms with Gasteiger partial charge in [-0.15, -0.1) is 0 Å². The molecule has 216 valence electrons. The molecule has 0 amide bonds. The third-order valence-corrected chi connectivity index (χ3v) is 12.9. The van der Waals surface area contributed by atoms with Gasteiger partial charge in [0.25, 0.3) is 0 Å². The monoisotopic (exact) mass is 524 g/mol. The van der Waals surface area contributed by atoms with Crippen LogP contribution in [0.2, 0.25) is 0 Å². The van der Waals surface area contributed by atoms with E-state index in [-0.39, 0.29) is 22.9 Å². The molecule has 2 heteroatoms. The quantitative estimate of drug-likeness (QED) is 0.170. The minimum atomic E-state index is 0.0330.